The molecule has 1 fully saturated rings. The molecule has 0 radical (unpaired) electrons. The second-order valence-electron chi connectivity index (χ2n) is 6.95. The third kappa shape index (κ3) is 3.62. The number of carbonyl (C=O) groups excluding carboxylic acids is 3. The van der Waals surface area contributed by atoms with Gasteiger partial charge in [-0.05, 0) is 54.1 Å². The fraction of sp³-hybridized carbons (Fsp3) is 0.174. The maximum atomic E-state index is 13.3. The van der Waals surface area contributed by atoms with E-state index in [-0.39, 0.29) is 6.54 Å². The van der Waals surface area contributed by atoms with Crippen LogP contribution in [0.25, 0.3) is 0 Å². The number of Topliss-reactive ketones (excluding diaryl/α,β-unsaturated/α-hetero) is 2. The fourth-order valence-electron chi connectivity index (χ4n) is 3.72. The van der Waals surface area contributed by atoms with Gasteiger partial charge in [0.2, 0.25) is 5.78 Å². The van der Waals surface area contributed by atoms with Crippen LogP contribution in [0.5, 0.6) is 5.75 Å². The average Bonchev–Trinajstić information content (AvgIpc) is 3.36. The number of ether oxygens (including phenoxy) is 1. The molecule has 3 aromatic rings. The standard InChI is InChI=1S/C23H18ClNO5/c1-29-17-5-2-4-15(12-17)20-19(21(26)14-7-9-16(24)10-8-14)22(27)23(28)25(20)13-18-6-3-11-30-18/h2-12,19-20H,13H2,1H3. The van der Waals surface area contributed by atoms with E-state index in [1.165, 1.54) is 18.3 Å². The van der Waals surface area contributed by atoms with E-state index in [1.54, 1.807) is 60.7 Å². The summed E-state index contributed by atoms with van der Waals surface area (Å²) in [5.41, 5.74) is 0.950. The van der Waals surface area contributed by atoms with Crippen molar-refractivity contribution >= 4 is 29.1 Å². The van der Waals surface area contributed by atoms with Crippen molar-refractivity contribution < 1.29 is 23.5 Å². The second kappa shape index (κ2) is 8.16. The molecule has 30 heavy (non-hydrogen) atoms. The molecule has 6 nitrogen and oxygen atoms in total. The lowest BCUT2D eigenvalue weighted by Gasteiger charge is -2.26. The molecular formula is C23H18ClNO5. The Hall–Kier alpha value is -3.38. The molecule has 1 aromatic heterocycles. The minimum Gasteiger partial charge on any atom is -0.497 e. The number of amides is 1. The van der Waals surface area contributed by atoms with Crippen LogP contribution in [0, 0.1) is 5.92 Å². The lowest BCUT2D eigenvalue weighted by molar-refractivity contribution is -0.141. The maximum absolute atomic E-state index is 13.3. The highest BCUT2D eigenvalue weighted by Crippen LogP contribution is 2.40. The van der Waals surface area contributed by atoms with Crippen LogP contribution in [0.1, 0.15) is 27.7 Å². The molecule has 0 N–H and O–H groups in total. The lowest BCUT2D eigenvalue weighted by atomic mass is 9.86. The van der Waals surface area contributed by atoms with Crippen LogP contribution in [-0.2, 0) is 16.1 Å². The molecule has 4 rings (SSSR count). The van der Waals surface area contributed by atoms with Crippen molar-refractivity contribution in [1.29, 1.82) is 0 Å². The van der Waals surface area contributed by atoms with Gasteiger partial charge in [0.15, 0.2) is 5.78 Å². The zero-order valence-electron chi connectivity index (χ0n) is 16.1. The summed E-state index contributed by atoms with van der Waals surface area (Å²) in [5, 5.41) is 0.476. The number of hydrogen-bond acceptors (Lipinski definition) is 5. The summed E-state index contributed by atoms with van der Waals surface area (Å²) < 4.78 is 10.7. The first kappa shape index (κ1) is 19.9. The van der Waals surface area contributed by atoms with Crippen molar-refractivity contribution in [2.75, 3.05) is 7.11 Å². The van der Waals surface area contributed by atoms with E-state index in [0.717, 1.165) is 0 Å². The van der Waals surface area contributed by atoms with E-state index in [4.69, 9.17) is 20.8 Å². The Balaban J connectivity index is 1.79. The first-order chi connectivity index (χ1) is 14.5. The molecule has 0 spiro atoms. The van der Waals surface area contributed by atoms with E-state index in [0.29, 0.717) is 27.7 Å². The van der Waals surface area contributed by atoms with Crippen molar-refractivity contribution in [3.05, 3.63) is 88.8 Å². The summed E-state index contributed by atoms with van der Waals surface area (Å²) in [6.07, 6.45) is 1.49. The number of carbonyl (C=O) groups is 3. The first-order valence-corrected chi connectivity index (χ1v) is 9.68. The molecule has 1 amide bonds. The molecule has 0 bridgehead atoms. The van der Waals surface area contributed by atoms with Crippen molar-refractivity contribution in [2.24, 2.45) is 5.92 Å². The van der Waals surface area contributed by atoms with Gasteiger partial charge in [-0.1, -0.05) is 23.7 Å². The number of methoxy groups -OCH3 is 1. The predicted molar refractivity (Wildman–Crippen MR) is 109 cm³/mol. The zero-order valence-corrected chi connectivity index (χ0v) is 16.8. The van der Waals surface area contributed by atoms with Crippen molar-refractivity contribution in [2.45, 2.75) is 12.6 Å². The van der Waals surface area contributed by atoms with Gasteiger partial charge in [0.1, 0.15) is 17.4 Å². The highest BCUT2D eigenvalue weighted by atomic mass is 35.5. The monoisotopic (exact) mass is 423 g/mol. The van der Waals surface area contributed by atoms with Crippen LogP contribution >= 0.6 is 11.6 Å². The number of likely N-dealkylation sites (tertiary alicyclic amines) is 1. The largest absolute Gasteiger partial charge is 0.497 e. The Morgan fingerprint density at radius 3 is 2.53 bits per heavy atom. The number of ketones is 2. The Morgan fingerprint density at radius 1 is 1.10 bits per heavy atom. The van der Waals surface area contributed by atoms with E-state index < -0.39 is 29.4 Å². The molecule has 0 saturated carbocycles. The SMILES string of the molecule is COc1cccc(C2C(C(=O)c3ccc(Cl)cc3)C(=O)C(=O)N2Cc2ccco2)c1. The van der Waals surface area contributed by atoms with Crippen LogP contribution < -0.4 is 4.74 Å². The van der Waals surface area contributed by atoms with Gasteiger partial charge in [0.25, 0.3) is 5.91 Å². The Morgan fingerprint density at radius 2 is 1.87 bits per heavy atom. The minimum atomic E-state index is -1.18. The quantitative estimate of drug-likeness (QED) is 0.339. The third-order valence-electron chi connectivity index (χ3n) is 5.16. The number of hydrogen-bond donors (Lipinski definition) is 0. The number of halogens is 1. The molecule has 0 aliphatic carbocycles. The van der Waals surface area contributed by atoms with Crippen molar-refractivity contribution in [1.82, 2.24) is 4.90 Å². The van der Waals surface area contributed by atoms with Crippen molar-refractivity contribution in [3.8, 4) is 5.75 Å². The molecule has 152 valence electrons. The van der Waals surface area contributed by atoms with E-state index in [1.807, 2.05) is 0 Å². The molecular weight excluding hydrogens is 406 g/mol. The van der Waals surface area contributed by atoms with E-state index >= 15 is 0 Å². The highest BCUT2D eigenvalue weighted by Gasteiger charge is 2.51. The normalized spacial score (nSPS) is 18.7. The zero-order chi connectivity index (χ0) is 21.3. The van der Waals surface area contributed by atoms with Gasteiger partial charge in [-0.2, -0.15) is 0 Å². The maximum Gasteiger partial charge on any atom is 0.291 e. The Bertz CT molecular complexity index is 1090. The topological polar surface area (TPSA) is 76.8 Å². The molecule has 2 heterocycles. The summed E-state index contributed by atoms with van der Waals surface area (Å²) >= 11 is 5.92. The van der Waals surface area contributed by atoms with Crippen molar-refractivity contribution in [3.63, 3.8) is 0 Å². The Kier molecular flexibility index (Phi) is 5.42. The molecule has 1 aliphatic rings. The lowest BCUT2D eigenvalue weighted by Crippen LogP contribution is -2.30. The van der Waals surface area contributed by atoms with Crippen LogP contribution in [0.4, 0.5) is 0 Å². The summed E-state index contributed by atoms with van der Waals surface area (Å²) in [6, 6.07) is 15.9. The van der Waals surface area contributed by atoms with Crippen LogP contribution in [-0.4, -0.2) is 29.5 Å². The molecule has 1 saturated heterocycles. The summed E-state index contributed by atoms with van der Waals surface area (Å²) in [4.78, 5) is 40.6. The molecule has 2 unspecified atom stereocenters. The fourth-order valence-corrected chi connectivity index (χ4v) is 3.84. The number of nitrogens with zero attached hydrogens (tertiary/aromatic N) is 1. The predicted octanol–water partition coefficient (Wildman–Crippen LogP) is 4.09. The number of benzene rings is 2. The molecule has 1 aliphatic heterocycles. The minimum absolute atomic E-state index is 0.0733. The summed E-state index contributed by atoms with van der Waals surface area (Å²) in [6.45, 7) is 0.0733. The van der Waals surface area contributed by atoms with Gasteiger partial charge in [-0.25, -0.2) is 0 Å². The van der Waals surface area contributed by atoms with Crippen LogP contribution in [0.2, 0.25) is 5.02 Å². The second-order valence-corrected chi connectivity index (χ2v) is 7.38. The van der Waals surface area contributed by atoms with E-state index in [2.05, 4.69) is 0 Å². The van der Waals surface area contributed by atoms with Gasteiger partial charge in [0.05, 0.1) is 26.0 Å². The average molecular weight is 424 g/mol. The van der Waals surface area contributed by atoms with Gasteiger partial charge >= 0.3 is 0 Å². The molecule has 7 heteroatoms. The summed E-state index contributed by atoms with van der Waals surface area (Å²) in [7, 11) is 1.53. The van der Waals surface area contributed by atoms with Gasteiger partial charge in [0, 0.05) is 10.6 Å². The smallest absolute Gasteiger partial charge is 0.291 e. The number of furan rings is 1. The highest BCUT2D eigenvalue weighted by molar-refractivity contribution is 6.44. The van der Waals surface area contributed by atoms with E-state index in [9.17, 15) is 14.4 Å². The van der Waals surface area contributed by atoms with Crippen LogP contribution in [0.15, 0.2) is 71.3 Å². The van der Waals surface area contributed by atoms with Gasteiger partial charge in [-0.15, -0.1) is 0 Å². The van der Waals surface area contributed by atoms with Gasteiger partial charge < -0.3 is 14.1 Å². The first-order valence-electron chi connectivity index (χ1n) is 9.30. The third-order valence-corrected chi connectivity index (χ3v) is 5.41. The number of rotatable bonds is 6. The van der Waals surface area contributed by atoms with Gasteiger partial charge in [-0.3, -0.25) is 14.4 Å². The summed E-state index contributed by atoms with van der Waals surface area (Å²) in [5.74, 6) is -1.99. The Labute approximate surface area is 178 Å². The van der Waals surface area contributed by atoms with Crippen LogP contribution in [0.3, 0.4) is 0 Å². The molecule has 2 aromatic carbocycles. The molecule has 2 atom stereocenters.